The zero-order valence-electron chi connectivity index (χ0n) is 7.86. The van der Waals surface area contributed by atoms with Crippen LogP contribution in [-0.2, 0) is 0 Å². The maximum atomic E-state index is 13.1. The van der Waals surface area contributed by atoms with E-state index in [9.17, 15) is 17.6 Å². The maximum Gasteiger partial charge on any atom is 0.573 e. The molecule has 1 rings (SSSR count). The van der Waals surface area contributed by atoms with Crippen molar-refractivity contribution < 1.29 is 22.3 Å². The molecule has 82 valence electrons. The Kier molecular flexibility index (Phi) is 3.02. The van der Waals surface area contributed by atoms with Crippen molar-refractivity contribution in [1.82, 2.24) is 0 Å². The first-order valence-corrected chi connectivity index (χ1v) is 4.01. The van der Waals surface area contributed by atoms with Crippen molar-refractivity contribution in [3.05, 3.63) is 36.2 Å². The van der Waals surface area contributed by atoms with E-state index in [1.165, 1.54) is 6.07 Å². The fourth-order valence-corrected chi connectivity index (χ4v) is 0.974. The molecule has 0 N–H and O–H groups in total. The molecule has 5 heteroatoms. The first kappa shape index (κ1) is 11.6. The Morgan fingerprint density at radius 1 is 1.33 bits per heavy atom. The summed E-state index contributed by atoms with van der Waals surface area (Å²) in [6, 6.07) is 3.18. The van der Waals surface area contributed by atoms with Crippen LogP contribution < -0.4 is 4.74 Å². The minimum absolute atomic E-state index is 0.432. The van der Waals surface area contributed by atoms with Crippen molar-refractivity contribution in [2.24, 2.45) is 0 Å². The van der Waals surface area contributed by atoms with E-state index < -0.39 is 17.9 Å². The standard InChI is InChI=1S/C10H8F4O/c1-6(2)7-3-4-9(8(11)5-7)15-10(12,13)14/h3-5H,1H2,2H3. The summed E-state index contributed by atoms with van der Waals surface area (Å²) in [5.74, 6) is -1.90. The molecule has 0 heterocycles. The highest BCUT2D eigenvalue weighted by Crippen LogP contribution is 2.27. The lowest BCUT2D eigenvalue weighted by molar-refractivity contribution is -0.275. The predicted molar refractivity (Wildman–Crippen MR) is 47.8 cm³/mol. The minimum atomic E-state index is -4.88. The van der Waals surface area contributed by atoms with Gasteiger partial charge in [-0.25, -0.2) is 4.39 Å². The Morgan fingerprint density at radius 3 is 2.33 bits per heavy atom. The molecule has 0 aromatic heterocycles. The summed E-state index contributed by atoms with van der Waals surface area (Å²) in [4.78, 5) is 0. The second-order valence-electron chi connectivity index (χ2n) is 2.97. The van der Waals surface area contributed by atoms with Crippen LogP contribution in [0.25, 0.3) is 5.57 Å². The smallest absolute Gasteiger partial charge is 0.403 e. The van der Waals surface area contributed by atoms with Gasteiger partial charge in [0.2, 0.25) is 0 Å². The second kappa shape index (κ2) is 3.92. The van der Waals surface area contributed by atoms with Crippen LogP contribution in [0.2, 0.25) is 0 Å². The molecule has 0 unspecified atom stereocenters. The Morgan fingerprint density at radius 2 is 1.93 bits per heavy atom. The number of hydrogen-bond donors (Lipinski definition) is 0. The normalized spacial score (nSPS) is 11.3. The lowest BCUT2D eigenvalue weighted by atomic mass is 10.1. The van der Waals surface area contributed by atoms with Crippen molar-refractivity contribution in [3.8, 4) is 5.75 Å². The van der Waals surface area contributed by atoms with E-state index in [1.54, 1.807) is 6.92 Å². The van der Waals surface area contributed by atoms with E-state index in [0.717, 1.165) is 12.1 Å². The number of ether oxygens (including phenoxy) is 1. The van der Waals surface area contributed by atoms with Gasteiger partial charge >= 0.3 is 6.36 Å². The molecule has 0 saturated carbocycles. The molecular formula is C10H8F4O. The van der Waals surface area contributed by atoms with E-state index in [0.29, 0.717) is 11.1 Å². The van der Waals surface area contributed by atoms with Gasteiger partial charge < -0.3 is 4.74 Å². The molecule has 0 radical (unpaired) electrons. The van der Waals surface area contributed by atoms with Crippen LogP contribution in [0.5, 0.6) is 5.75 Å². The Balaban J connectivity index is 2.99. The van der Waals surface area contributed by atoms with Gasteiger partial charge in [0.25, 0.3) is 0 Å². The number of hydrogen-bond acceptors (Lipinski definition) is 1. The molecule has 0 bridgehead atoms. The SMILES string of the molecule is C=C(C)c1ccc(OC(F)(F)F)c(F)c1. The van der Waals surface area contributed by atoms with Crippen LogP contribution in [0, 0.1) is 5.82 Å². The second-order valence-corrected chi connectivity index (χ2v) is 2.97. The highest BCUT2D eigenvalue weighted by molar-refractivity contribution is 5.62. The summed E-state index contributed by atoms with van der Waals surface area (Å²) in [6.07, 6.45) is -4.88. The Bertz CT molecular complexity index is 381. The summed E-state index contributed by atoms with van der Waals surface area (Å²) in [7, 11) is 0. The molecule has 0 atom stereocenters. The maximum absolute atomic E-state index is 13.1. The highest BCUT2D eigenvalue weighted by Gasteiger charge is 2.32. The minimum Gasteiger partial charge on any atom is -0.403 e. The fourth-order valence-electron chi connectivity index (χ4n) is 0.974. The number of allylic oxidation sites excluding steroid dienone is 1. The fraction of sp³-hybridized carbons (Fsp3) is 0.200. The predicted octanol–water partition coefficient (Wildman–Crippen LogP) is 3.76. The average Bonchev–Trinajstić information content (AvgIpc) is 2.05. The monoisotopic (exact) mass is 220 g/mol. The molecule has 0 aliphatic heterocycles. The molecule has 1 aromatic rings. The molecule has 15 heavy (non-hydrogen) atoms. The van der Waals surface area contributed by atoms with Gasteiger partial charge in [-0.15, -0.1) is 13.2 Å². The molecule has 1 nitrogen and oxygen atoms in total. The molecule has 0 aliphatic rings. The van der Waals surface area contributed by atoms with Gasteiger partial charge in [0.1, 0.15) is 0 Å². The molecule has 0 spiro atoms. The number of alkyl halides is 3. The molecule has 0 saturated heterocycles. The number of benzene rings is 1. The van der Waals surface area contributed by atoms with Crippen LogP contribution in [0.3, 0.4) is 0 Å². The molecule has 0 aliphatic carbocycles. The van der Waals surface area contributed by atoms with Crippen LogP contribution in [0.1, 0.15) is 12.5 Å². The zero-order valence-corrected chi connectivity index (χ0v) is 7.86. The first-order valence-electron chi connectivity index (χ1n) is 4.01. The third-order valence-corrected chi connectivity index (χ3v) is 1.65. The third-order valence-electron chi connectivity index (χ3n) is 1.65. The van der Waals surface area contributed by atoms with Crippen LogP contribution in [0.4, 0.5) is 17.6 Å². The van der Waals surface area contributed by atoms with E-state index in [1.807, 2.05) is 0 Å². The molecule has 0 fully saturated rings. The largest absolute Gasteiger partial charge is 0.573 e. The summed E-state index contributed by atoms with van der Waals surface area (Å²) in [5.41, 5.74) is 0.995. The van der Waals surface area contributed by atoms with Crippen molar-refractivity contribution >= 4 is 5.57 Å². The van der Waals surface area contributed by atoms with Gasteiger partial charge in [0.15, 0.2) is 11.6 Å². The van der Waals surface area contributed by atoms with E-state index >= 15 is 0 Å². The van der Waals surface area contributed by atoms with E-state index in [4.69, 9.17) is 0 Å². The van der Waals surface area contributed by atoms with Crippen molar-refractivity contribution in [3.63, 3.8) is 0 Å². The number of halogens is 4. The van der Waals surface area contributed by atoms with Crippen molar-refractivity contribution in [2.45, 2.75) is 13.3 Å². The van der Waals surface area contributed by atoms with Gasteiger partial charge in [-0.05, 0) is 24.6 Å². The van der Waals surface area contributed by atoms with Gasteiger partial charge in [-0.1, -0.05) is 18.2 Å². The molecular weight excluding hydrogens is 212 g/mol. The van der Waals surface area contributed by atoms with Crippen molar-refractivity contribution in [2.75, 3.05) is 0 Å². The Labute approximate surface area is 84.0 Å². The summed E-state index contributed by atoms with van der Waals surface area (Å²) in [5, 5.41) is 0. The quantitative estimate of drug-likeness (QED) is 0.689. The summed E-state index contributed by atoms with van der Waals surface area (Å²) in [6.45, 7) is 5.17. The first-order chi connectivity index (χ1) is 6.79. The lowest BCUT2D eigenvalue weighted by Crippen LogP contribution is -2.17. The van der Waals surface area contributed by atoms with Gasteiger partial charge in [-0.3, -0.25) is 0 Å². The van der Waals surface area contributed by atoms with Crippen LogP contribution in [-0.4, -0.2) is 6.36 Å². The van der Waals surface area contributed by atoms with Crippen molar-refractivity contribution in [1.29, 1.82) is 0 Å². The van der Waals surface area contributed by atoms with Crippen LogP contribution in [0.15, 0.2) is 24.8 Å². The molecule has 0 amide bonds. The van der Waals surface area contributed by atoms with Crippen LogP contribution >= 0.6 is 0 Å². The summed E-state index contributed by atoms with van der Waals surface area (Å²) >= 11 is 0. The lowest BCUT2D eigenvalue weighted by Gasteiger charge is -2.10. The zero-order chi connectivity index (χ0) is 11.6. The van der Waals surface area contributed by atoms with E-state index in [-0.39, 0.29) is 0 Å². The average molecular weight is 220 g/mol. The topological polar surface area (TPSA) is 9.23 Å². The van der Waals surface area contributed by atoms with E-state index in [2.05, 4.69) is 11.3 Å². The summed E-state index contributed by atoms with van der Waals surface area (Å²) < 4.78 is 51.9. The molecule has 1 aromatic carbocycles. The Hall–Kier alpha value is -1.52. The van der Waals surface area contributed by atoms with Gasteiger partial charge in [0, 0.05) is 0 Å². The third kappa shape index (κ3) is 3.27. The van der Waals surface area contributed by atoms with Gasteiger partial charge in [0.05, 0.1) is 0 Å². The highest BCUT2D eigenvalue weighted by atomic mass is 19.4. The number of rotatable bonds is 2. The van der Waals surface area contributed by atoms with Gasteiger partial charge in [-0.2, -0.15) is 0 Å².